The van der Waals surface area contributed by atoms with E-state index in [4.69, 9.17) is 13.9 Å². The Bertz CT molecular complexity index is 1090. The molecule has 4 aromatic rings. The molecule has 0 unspecified atom stereocenters. The minimum atomic E-state index is -0.113. The van der Waals surface area contributed by atoms with Gasteiger partial charge in [-0.25, -0.2) is 4.98 Å². The van der Waals surface area contributed by atoms with E-state index >= 15 is 0 Å². The Morgan fingerprint density at radius 3 is 2.69 bits per heavy atom. The molecule has 0 aliphatic heterocycles. The SMILES string of the molecule is COc1ccccc1OCCC(=O)NCc1ccc(-c2nc3ccccc3s2)o1. The number of methoxy groups -OCH3 is 1. The number of furan rings is 1. The Kier molecular flexibility index (Phi) is 5.76. The number of amides is 1. The number of para-hydroxylation sites is 3. The van der Waals surface area contributed by atoms with Crippen LogP contribution in [0.1, 0.15) is 12.2 Å². The molecule has 0 atom stereocenters. The van der Waals surface area contributed by atoms with Crippen LogP contribution < -0.4 is 14.8 Å². The van der Waals surface area contributed by atoms with E-state index in [0.717, 1.165) is 15.2 Å². The van der Waals surface area contributed by atoms with Gasteiger partial charge in [-0.2, -0.15) is 0 Å². The molecule has 6 nitrogen and oxygen atoms in total. The maximum atomic E-state index is 12.1. The van der Waals surface area contributed by atoms with Gasteiger partial charge in [-0.3, -0.25) is 4.79 Å². The molecule has 0 fully saturated rings. The molecule has 0 bridgehead atoms. The number of thiazole rings is 1. The lowest BCUT2D eigenvalue weighted by Gasteiger charge is -2.10. The largest absolute Gasteiger partial charge is 0.493 e. The van der Waals surface area contributed by atoms with E-state index in [-0.39, 0.29) is 18.9 Å². The number of ether oxygens (including phenoxy) is 2. The van der Waals surface area contributed by atoms with E-state index < -0.39 is 0 Å². The Balaban J connectivity index is 1.27. The summed E-state index contributed by atoms with van der Waals surface area (Å²) in [4.78, 5) is 16.7. The maximum absolute atomic E-state index is 12.1. The fraction of sp³-hybridized carbons (Fsp3) is 0.182. The smallest absolute Gasteiger partial charge is 0.223 e. The van der Waals surface area contributed by atoms with Crippen LogP contribution in [0.2, 0.25) is 0 Å². The number of nitrogens with one attached hydrogen (secondary N) is 1. The molecule has 0 spiro atoms. The van der Waals surface area contributed by atoms with Gasteiger partial charge < -0.3 is 19.2 Å². The molecule has 2 aromatic carbocycles. The molecule has 0 saturated carbocycles. The summed E-state index contributed by atoms with van der Waals surface area (Å²) in [6.45, 7) is 0.583. The Morgan fingerprint density at radius 2 is 1.86 bits per heavy atom. The molecule has 0 saturated heterocycles. The van der Waals surface area contributed by atoms with Gasteiger partial charge in [0.2, 0.25) is 5.91 Å². The molecule has 1 N–H and O–H groups in total. The van der Waals surface area contributed by atoms with E-state index in [2.05, 4.69) is 10.3 Å². The molecule has 0 aliphatic rings. The lowest BCUT2D eigenvalue weighted by molar-refractivity contribution is -0.121. The third-order valence-electron chi connectivity index (χ3n) is 4.28. The number of fused-ring (bicyclic) bond motifs is 1. The molecule has 7 heteroatoms. The number of carbonyl (C=O) groups is 1. The van der Waals surface area contributed by atoms with Crippen molar-refractivity contribution >= 4 is 27.5 Å². The fourth-order valence-corrected chi connectivity index (χ4v) is 3.76. The summed E-state index contributed by atoms with van der Waals surface area (Å²) in [7, 11) is 1.58. The third-order valence-corrected chi connectivity index (χ3v) is 5.33. The highest BCUT2D eigenvalue weighted by Gasteiger charge is 2.11. The van der Waals surface area contributed by atoms with Crippen LogP contribution in [0.15, 0.2) is 65.1 Å². The molecule has 148 valence electrons. The first-order valence-electron chi connectivity index (χ1n) is 9.20. The van der Waals surface area contributed by atoms with Gasteiger partial charge in [-0.15, -0.1) is 11.3 Å². The zero-order valence-corrected chi connectivity index (χ0v) is 16.7. The molecule has 4 rings (SSSR count). The number of carbonyl (C=O) groups excluding carboxylic acids is 1. The predicted molar refractivity (Wildman–Crippen MR) is 112 cm³/mol. The Morgan fingerprint density at radius 1 is 1.07 bits per heavy atom. The van der Waals surface area contributed by atoms with Gasteiger partial charge in [0, 0.05) is 0 Å². The molecule has 0 aliphatic carbocycles. The number of benzene rings is 2. The van der Waals surface area contributed by atoms with Crippen molar-refractivity contribution in [3.05, 3.63) is 66.4 Å². The normalized spacial score (nSPS) is 10.8. The van der Waals surface area contributed by atoms with Crippen molar-refractivity contribution in [2.24, 2.45) is 0 Å². The van der Waals surface area contributed by atoms with Crippen LogP contribution in [0.3, 0.4) is 0 Å². The second-order valence-corrected chi connectivity index (χ2v) is 7.31. The Hall–Kier alpha value is -3.32. The Labute approximate surface area is 172 Å². The topological polar surface area (TPSA) is 73.6 Å². The van der Waals surface area contributed by atoms with Crippen molar-refractivity contribution in [1.82, 2.24) is 10.3 Å². The van der Waals surface area contributed by atoms with Crippen LogP contribution in [-0.2, 0) is 11.3 Å². The molecule has 0 radical (unpaired) electrons. The van der Waals surface area contributed by atoms with Gasteiger partial charge in [0.25, 0.3) is 0 Å². The van der Waals surface area contributed by atoms with E-state index in [9.17, 15) is 4.79 Å². The summed E-state index contributed by atoms with van der Waals surface area (Å²) >= 11 is 1.58. The maximum Gasteiger partial charge on any atom is 0.223 e. The predicted octanol–water partition coefficient (Wildman–Crippen LogP) is 4.65. The van der Waals surface area contributed by atoms with Crippen molar-refractivity contribution in [3.8, 4) is 22.3 Å². The number of nitrogens with zero attached hydrogens (tertiary/aromatic N) is 1. The van der Waals surface area contributed by atoms with E-state index in [1.165, 1.54) is 0 Å². The van der Waals surface area contributed by atoms with Gasteiger partial charge in [0.15, 0.2) is 22.3 Å². The monoisotopic (exact) mass is 408 g/mol. The average Bonchev–Trinajstić information content (AvgIpc) is 3.39. The number of hydrogen-bond acceptors (Lipinski definition) is 6. The molecule has 1 amide bonds. The van der Waals surface area contributed by atoms with E-state index in [1.807, 2.05) is 60.7 Å². The van der Waals surface area contributed by atoms with E-state index in [0.29, 0.717) is 29.6 Å². The molecule has 2 heterocycles. The summed E-state index contributed by atoms with van der Waals surface area (Å²) in [6, 6.07) is 19.1. The van der Waals surface area contributed by atoms with Crippen LogP contribution >= 0.6 is 11.3 Å². The molecular formula is C22H20N2O4S. The van der Waals surface area contributed by atoms with Crippen molar-refractivity contribution in [3.63, 3.8) is 0 Å². The minimum Gasteiger partial charge on any atom is -0.493 e. The minimum absolute atomic E-state index is 0.113. The molecular weight excluding hydrogens is 388 g/mol. The number of aromatic nitrogens is 1. The first kappa shape index (κ1) is 19.0. The summed E-state index contributed by atoms with van der Waals surface area (Å²) in [5, 5.41) is 3.67. The van der Waals surface area contributed by atoms with Gasteiger partial charge in [0.05, 0.1) is 36.9 Å². The van der Waals surface area contributed by atoms with Gasteiger partial charge in [0.1, 0.15) is 5.76 Å². The van der Waals surface area contributed by atoms with Crippen molar-refractivity contribution in [2.75, 3.05) is 13.7 Å². The second-order valence-electron chi connectivity index (χ2n) is 6.28. The lowest BCUT2D eigenvalue weighted by atomic mass is 10.3. The first-order valence-corrected chi connectivity index (χ1v) is 10.0. The highest BCUT2D eigenvalue weighted by Crippen LogP contribution is 2.31. The van der Waals surface area contributed by atoms with Crippen molar-refractivity contribution < 1.29 is 18.7 Å². The summed E-state index contributed by atoms with van der Waals surface area (Å²) in [5.41, 5.74) is 0.953. The highest BCUT2D eigenvalue weighted by molar-refractivity contribution is 7.21. The molecule has 29 heavy (non-hydrogen) atoms. The van der Waals surface area contributed by atoms with Gasteiger partial charge in [-0.1, -0.05) is 24.3 Å². The average molecular weight is 408 g/mol. The summed E-state index contributed by atoms with van der Waals surface area (Å²) < 4.78 is 17.8. The van der Waals surface area contributed by atoms with Crippen LogP contribution in [-0.4, -0.2) is 24.6 Å². The van der Waals surface area contributed by atoms with Gasteiger partial charge in [-0.05, 0) is 36.4 Å². The standard InChI is InChI=1S/C22H20N2O4S/c1-26-17-7-3-4-8-18(17)27-13-12-21(25)23-14-15-10-11-19(28-15)22-24-16-6-2-5-9-20(16)29-22/h2-11H,12-14H2,1H3,(H,23,25). The number of hydrogen-bond donors (Lipinski definition) is 1. The summed E-state index contributed by atoms with van der Waals surface area (Å²) in [5.74, 6) is 2.53. The zero-order chi connectivity index (χ0) is 20.1. The van der Waals surface area contributed by atoms with Crippen LogP contribution in [0.4, 0.5) is 0 Å². The van der Waals surface area contributed by atoms with Crippen molar-refractivity contribution in [1.29, 1.82) is 0 Å². The summed E-state index contributed by atoms with van der Waals surface area (Å²) in [6.07, 6.45) is 0.240. The highest BCUT2D eigenvalue weighted by atomic mass is 32.1. The third kappa shape index (κ3) is 4.57. The lowest BCUT2D eigenvalue weighted by Crippen LogP contribution is -2.24. The quantitative estimate of drug-likeness (QED) is 0.459. The fourth-order valence-electron chi connectivity index (χ4n) is 2.83. The first-order chi connectivity index (χ1) is 14.2. The zero-order valence-electron chi connectivity index (χ0n) is 15.9. The van der Waals surface area contributed by atoms with E-state index in [1.54, 1.807) is 18.4 Å². The second kappa shape index (κ2) is 8.79. The van der Waals surface area contributed by atoms with Crippen LogP contribution in [0, 0.1) is 0 Å². The molecule has 2 aromatic heterocycles. The van der Waals surface area contributed by atoms with Crippen LogP contribution in [0.5, 0.6) is 11.5 Å². The van der Waals surface area contributed by atoms with Crippen LogP contribution in [0.25, 0.3) is 21.0 Å². The number of rotatable bonds is 8. The van der Waals surface area contributed by atoms with Crippen molar-refractivity contribution in [2.45, 2.75) is 13.0 Å². The van der Waals surface area contributed by atoms with Gasteiger partial charge >= 0.3 is 0 Å².